The molecule has 0 fully saturated rings. The fourth-order valence-corrected chi connectivity index (χ4v) is 2.95. The lowest BCUT2D eigenvalue weighted by atomic mass is 10.1. The number of hydrogen-bond acceptors (Lipinski definition) is 5. The van der Waals surface area contributed by atoms with E-state index in [0.717, 1.165) is 29.0 Å². The third-order valence-electron chi connectivity index (χ3n) is 4.52. The lowest BCUT2D eigenvalue weighted by molar-refractivity contribution is 0.0950. The highest BCUT2D eigenvalue weighted by molar-refractivity contribution is 5.93. The van der Waals surface area contributed by atoms with Crippen LogP contribution in [0.2, 0.25) is 0 Å². The molecule has 2 aromatic carbocycles. The van der Waals surface area contributed by atoms with E-state index in [4.69, 9.17) is 4.74 Å². The normalized spacial score (nSPS) is 10.4. The summed E-state index contributed by atoms with van der Waals surface area (Å²) in [6, 6.07) is 13.7. The third kappa shape index (κ3) is 4.46. The molecule has 3 aromatic rings. The number of ether oxygens (including phenoxy) is 1. The van der Waals surface area contributed by atoms with Crippen LogP contribution in [0.1, 0.15) is 34.0 Å². The molecule has 0 saturated heterocycles. The Hall–Kier alpha value is -3.41. The van der Waals surface area contributed by atoms with Gasteiger partial charge in [0.2, 0.25) is 5.95 Å². The van der Waals surface area contributed by atoms with Crippen molar-refractivity contribution in [3.8, 4) is 5.75 Å². The Labute approximate surface area is 165 Å². The van der Waals surface area contributed by atoms with Crippen LogP contribution in [0.4, 0.5) is 11.6 Å². The van der Waals surface area contributed by atoms with Crippen molar-refractivity contribution in [2.75, 3.05) is 12.4 Å². The van der Waals surface area contributed by atoms with Gasteiger partial charge in [-0.2, -0.15) is 0 Å². The molecule has 0 aliphatic carbocycles. The standard InChI is InChI=1S/C22H24N4O2/c1-4-16-10-7-8-15(2)20(16)26-22-24-13-18(14-25-22)21(27)23-12-17-9-5-6-11-19(17)28-3/h5-11,13-14H,4,12H2,1-3H3,(H,23,27)(H,24,25,26). The summed E-state index contributed by atoms with van der Waals surface area (Å²) in [4.78, 5) is 21.0. The van der Waals surface area contributed by atoms with Gasteiger partial charge in [-0.05, 0) is 30.5 Å². The van der Waals surface area contributed by atoms with Crippen molar-refractivity contribution in [3.05, 3.63) is 77.1 Å². The molecule has 0 aliphatic heterocycles. The first-order valence-corrected chi connectivity index (χ1v) is 9.20. The van der Waals surface area contributed by atoms with Crippen molar-refractivity contribution in [3.63, 3.8) is 0 Å². The number of amides is 1. The predicted octanol–water partition coefficient (Wildman–Crippen LogP) is 4.03. The number of anilines is 2. The molecular weight excluding hydrogens is 352 g/mol. The van der Waals surface area contributed by atoms with Gasteiger partial charge in [-0.15, -0.1) is 0 Å². The number of carbonyl (C=O) groups is 1. The number of carbonyl (C=O) groups excluding carboxylic acids is 1. The summed E-state index contributed by atoms with van der Waals surface area (Å²) in [7, 11) is 1.61. The van der Waals surface area contributed by atoms with Crippen LogP contribution in [0.15, 0.2) is 54.9 Å². The molecule has 0 unspecified atom stereocenters. The molecule has 1 aromatic heterocycles. The highest BCUT2D eigenvalue weighted by Gasteiger charge is 2.10. The van der Waals surface area contributed by atoms with Crippen LogP contribution in [0, 0.1) is 6.92 Å². The summed E-state index contributed by atoms with van der Waals surface area (Å²) in [5.74, 6) is 0.969. The molecule has 6 heteroatoms. The van der Waals surface area contributed by atoms with E-state index in [1.54, 1.807) is 7.11 Å². The van der Waals surface area contributed by atoms with Crippen LogP contribution in [0.5, 0.6) is 5.75 Å². The zero-order valence-electron chi connectivity index (χ0n) is 16.3. The molecule has 6 nitrogen and oxygen atoms in total. The molecule has 0 radical (unpaired) electrons. The lowest BCUT2D eigenvalue weighted by Gasteiger charge is -2.13. The molecular formula is C22H24N4O2. The van der Waals surface area contributed by atoms with Gasteiger partial charge in [0.25, 0.3) is 5.91 Å². The van der Waals surface area contributed by atoms with E-state index >= 15 is 0 Å². The van der Waals surface area contributed by atoms with Crippen molar-refractivity contribution in [2.24, 2.45) is 0 Å². The minimum atomic E-state index is -0.234. The molecule has 0 atom stereocenters. The van der Waals surface area contributed by atoms with E-state index < -0.39 is 0 Å². The molecule has 28 heavy (non-hydrogen) atoms. The van der Waals surface area contributed by atoms with Crippen molar-refractivity contribution in [1.82, 2.24) is 15.3 Å². The van der Waals surface area contributed by atoms with E-state index in [9.17, 15) is 4.79 Å². The van der Waals surface area contributed by atoms with Gasteiger partial charge < -0.3 is 15.4 Å². The van der Waals surface area contributed by atoms with E-state index in [2.05, 4.69) is 33.6 Å². The largest absolute Gasteiger partial charge is 0.496 e. The number of para-hydroxylation sites is 2. The van der Waals surface area contributed by atoms with Gasteiger partial charge in [-0.25, -0.2) is 9.97 Å². The Kier molecular flexibility index (Phi) is 6.22. The topological polar surface area (TPSA) is 76.1 Å². The van der Waals surface area contributed by atoms with Crippen molar-refractivity contribution in [1.29, 1.82) is 0 Å². The number of nitrogens with zero attached hydrogens (tertiary/aromatic N) is 2. The van der Waals surface area contributed by atoms with E-state index in [0.29, 0.717) is 18.1 Å². The Morgan fingerprint density at radius 2 is 1.75 bits per heavy atom. The number of nitrogens with one attached hydrogen (secondary N) is 2. The van der Waals surface area contributed by atoms with Crippen LogP contribution in [-0.2, 0) is 13.0 Å². The number of methoxy groups -OCH3 is 1. The average Bonchev–Trinajstić information content (AvgIpc) is 2.74. The second-order valence-electron chi connectivity index (χ2n) is 6.38. The number of rotatable bonds is 7. The Morgan fingerprint density at radius 3 is 2.46 bits per heavy atom. The van der Waals surface area contributed by atoms with Gasteiger partial charge in [0.05, 0.1) is 12.7 Å². The first kappa shape index (κ1) is 19.4. The molecule has 0 bridgehead atoms. The SMILES string of the molecule is CCc1cccc(C)c1Nc1ncc(C(=O)NCc2ccccc2OC)cn1. The summed E-state index contributed by atoms with van der Waals surface area (Å²) < 4.78 is 5.30. The second kappa shape index (κ2) is 8.99. The maximum Gasteiger partial charge on any atom is 0.254 e. The second-order valence-corrected chi connectivity index (χ2v) is 6.38. The molecule has 2 N–H and O–H groups in total. The minimum Gasteiger partial charge on any atom is -0.496 e. The Balaban J connectivity index is 1.66. The van der Waals surface area contributed by atoms with Crippen molar-refractivity contribution < 1.29 is 9.53 Å². The number of benzene rings is 2. The summed E-state index contributed by atoms with van der Waals surface area (Å²) in [5, 5.41) is 6.13. The molecule has 0 saturated carbocycles. The van der Waals surface area contributed by atoms with Gasteiger partial charge in [0.15, 0.2) is 0 Å². The monoisotopic (exact) mass is 376 g/mol. The fraction of sp³-hybridized carbons (Fsp3) is 0.227. The van der Waals surface area contributed by atoms with Crippen molar-refractivity contribution in [2.45, 2.75) is 26.8 Å². The van der Waals surface area contributed by atoms with Crippen molar-refractivity contribution >= 4 is 17.5 Å². The van der Waals surface area contributed by atoms with Gasteiger partial charge >= 0.3 is 0 Å². The zero-order chi connectivity index (χ0) is 19.9. The van der Waals surface area contributed by atoms with Gasteiger partial charge in [0.1, 0.15) is 5.75 Å². The molecule has 1 amide bonds. The van der Waals surface area contributed by atoms with Crippen LogP contribution in [0.3, 0.4) is 0 Å². The maximum atomic E-state index is 12.4. The van der Waals surface area contributed by atoms with E-state index in [1.165, 1.54) is 18.0 Å². The number of hydrogen-bond donors (Lipinski definition) is 2. The highest BCUT2D eigenvalue weighted by Crippen LogP contribution is 2.23. The molecule has 3 rings (SSSR count). The zero-order valence-corrected chi connectivity index (χ0v) is 16.3. The maximum absolute atomic E-state index is 12.4. The highest BCUT2D eigenvalue weighted by atomic mass is 16.5. The number of aromatic nitrogens is 2. The third-order valence-corrected chi connectivity index (χ3v) is 4.52. The molecule has 0 spiro atoms. The first-order chi connectivity index (χ1) is 13.6. The first-order valence-electron chi connectivity index (χ1n) is 9.20. The molecule has 144 valence electrons. The van der Waals surface area contributed by atoms with E-state index in [-0.39, 0.29) is 5.91 Å². The summed E-state index contributed by atoms with van der Waals surface area (Å²) >= 11 is 0. The summed E-state index contributed by atoms with van der Waals surface area (Å²) in [6.45, 7) is 4.52. The molecule has 0 aliphatic rings. The average molecular weight is 376 g/mol. The summed E-state index contributed by atoms with van der Waals surface area (Å²) in [6.07, 6.45) is 3.96. The smallest absolute Gasteiger partial charge is 0.254 e. The van der Waals surface area contributed by atoms with Crippen LogP contribution < -0.4 is 15.4 Å². The van der Waals surface area contributed by atoms with Crippen LogP contribution in [0.25, 0.3) is 0 Å². The fourth-order valence-electron chi connectivity index (χ4n) is 2.95. The summed E-state index contributed by atoms with van der Waals surface area (Å²) in [5.41, 5.74) is 4.65. The van der Waals surface area contributed by atoms with Crippen LogP contribution >= 0.6 is 0 Å². The Bertz CT molecular complexity index is 955. The van der Waals surface area contributed by atoms with Gasteiger partial charge in [-0.1, -0.05) is 43.3 Å². The molecule has 1 heterocycles. The predicted molar refractivity (Wildman–Crippen MR) is 110 cm³/mol. The number of aryl methyl sites for hydroxylation is 2. The Morgan fingerprint density at radius 1 is 1.04 bits per heavy atom. The van der Waals surface area contributed by atoms with Gasteiger partial charge in [0, 0.05) is 30.2 Å². The quantitative estimate of drug-likeness (QED) is 0.651. The van der Waals surface area contributed by atoms with Gasteiger partial charge in [-0.3, -0.25) is 4.79 Å². The van der Waals surface area contributed by atoms with E-state index in [1.807, 2.05) is 43.3 Å². The van der Waals surface area contributed by atoms with Crippen LogP contribution in [-0.4, -0.2) is 23.0 Å². The minimum absolute atomic E-state index is 0.234. The lowest BCUT2D eigenvalue weighted by Crippen LogP contribution is -2.23.